The van der Waals surface area contributed by atoms with E-state index in [1.54, 1.807) is 0 Å². The summed E-state index contributed by atoms with van der Waals surface area (Å²) in [6.07, 6.45) is 0. The Morgan fingerprint density at radius 1 is 1.13 bits per heavy atom. The van der Waals surface area contributed by atoms with E-state index in [1.165, 1.54) is 22.3 Å². The van der Waals surface area contributed by atoms with Gasteiger partial charge in [0, 0.05) is 6.54 Å². The van der Waals surface area contributed by atoms with Gasteiger partial charge in [-0.1, -0.05) is 12.1 Å². The predicted octanol–water partition coefficient (Wildman–Crippen LogP) is 1.97. The molecule has 80 valence electrons. The molecule has 1 aliphatic heterocycles. The third-order valence-electron chi connectivity index (χ3n) is 3.03. The van der Waals surface area contributed by atoms with Crippen molar-refractivity contribution >= 4 is 6.03 Å². The first-order valence-electron chi connectivity index (χ1n) is 5.20. The minimum Gasteiger partial charge on any atom is -0.336 e. The smallest absolute Gasteiger partial charge is 0.315 e. The molecule has 1 fully saturated rings. The van der Waals surface area contributed by atoms with Crippen molar-refractivity contribution in [1.29, 1.82) is 0 Å². The normalized spacial score (nSPS) is 19.9. The highest BCUT2D eigenvalue weighted by Crippen LogP contribution is 2.22. The Kier molecular flexibility index (Phi) is 2.39. The third-order valence-corrected chi connectivity index (χ3v) is 3.03. The molecule has 2 N–H and O–H groups in total. The highest BCUT2D eigenvalue weighted by molar-refractivity contribution is 5.77. The summed E-state index contributed by atoms with van der Waals surface area (Å²) in [5.41, 5.74) is 5.04. The van der Waals surface area contributed by atoms with Gasteiger partial charge in [0.25, 0.3) is 0 Å². The van der Waals surface area contributed by atoms with Crippen molar-refractivity contribution in [2.45, 2.75) is 26.8 Å². The minimum absolute atomic E-state index is 0.0716. The molecule has 0 aromatic heterocycles. The van der Waals surface area contributed by atoms with E-state index < -0.39 is 0 Å². The number of amides is 2. The van der Waals surface area contributed by atoms with Gasteiger partial charge in [0.1, 0.15) is 0 Å². The molecule has 3 nitrogen and oxygen atoms in total. The summed E-state index contributed by atoms with van der Waals surface area (Å²) >= 11 is 0. The van der Waals surface area contributed by atoms with Gasteiger partial charge in [0.2, 0.25) is 0 Å². The van der Waals surface area contributed by atoms with Crippen molar-refractivity contribution in [3.8, 4) is 0 Å². The Bertz CT molecular complexity index is 412. The number of nitrogens with one attached hydrogen (secondary N) is 2. The van der Waals surface area contributed by atoms with Crippen molar-refractivity contribution in [2.75, 3.05) is 6.54 Å². The number of carbonyl (C=O) groups is 1. The monoisotopic (exact) mass is 204 g/mol. The van der Waals surface area contributed by atoms with Crippen LogP contribution in [0.2, 0.25) is 0 Å². The molecule has 15 heavy (non-hydrogen) atoms. The van der Waals surface area contributed by atoms with Crippen molar-refractivity contribution in [3.05, 3.63) is 34.4 Å². The molecule has 2 rings (SSSR count). The van der Waals surface area contributed by atoms with Gasteiger partial charge in [0.15, 0.2) is 0 Å². The fourth-order valence-corrected chi connectivity index (χ4v) is 2.00. The number of aryl methyl sites for hydroxylation is 3. The largest absolute Gasteiger partial charge is 0.336 e. The maximum atomic E-state index is 11.1. The molecule has 0 saturated carbocycles. The van der Waals surface area contributed by atoms with Crippen LogP contribution in [0.4, 0.5) is 4.79 Å². The van der Waals surface area contributed by atoms with E-state index in [4.69, 9.17) is 0 Å². The molecule has 0 radical (unpaired) electrons. The van der Waals surface area contributed by atoms with Crippen LogP contribution in [0.5, 0.6) is 0 Å². The molecule has 2 amide bonds. The SMILES string of the molecule is Cc1cc(C)c(C2CNC(=O)N2)cc1C. The highest BCUT2D eigenvalue weighted by atomic mass is 16.2. The van der Waals surface area contributed by atoms with Gasteiger partial charge in [-0.15, -0.1) is 0 Å². The minimum atomic E-state index is -0.0716. The number of hydrogen-bond acceptors (Lipinski definition) is 1. The van der Waals surface area contributed by atoms with E-state index in [1.807, 2.05) is 0 Å². The van der Waals surface area contributed by atoms with Gasteiger partial charge in [-0.05, 0) is 43.0 Å². The predicted molar refractivity (Wildman–Crippen MR) is 59.9 cm³/mol. The molecule has 1 aliphatic rings. The molecule has 3 heteroatoms. The number of carbonyl (C=O) groups excluding carboxylic acids is 1. The topological polar surface area (TPSA) is 41.1 Å². The molecule has 1 aromatic carbocycles. The average Bonchev–Trinajstić information content (AvgIpc) is 2.58. The zero-order chi connectivity index (χ0) is 11.0. The summed E-state index contributed by atoms with van der Waals surface area (Å²) in [6, 6.07) is 4.40. The molecule has 1 aromatic rings. The lowest BCUT2D eigenvalue weighted by atomic mass is 9.96. The lowest BCUT2D eigenvalue weighted by Gasteiger charge is -2.14. The number of urea groups is 1. The van der Waals surface area contributed by atoms with Crippen molar-refractivity contribution < 1.29 is 4.79 Å². The summed E-state index contributed by atoms with van der Waals surface area (Å²) in [6.45, 7) is 6.98. The van der Waals surface area contributed by atoms with Crippen LogP contribution in [0, 0.1) is 20.8 Å². The molecule has 1 unspecified atom stereocenters. The van der Waals surface area contributed by atoms with Crippen LogP contribution in [0.25, 0.3) is 0 Å². The number of benzene rings is 1. The fourth-order valence-electron chi connectivity index (χ4n) is 2.00. The average molecular weight is 204 g/mol. The summed E-state index contributed by atoms with van der Waals surface area (Å²) in [4.78, 5) is 11.1. The second-order valence-corrected chi connectivity index (χ2v) is 4.20. The fraction of sp³-hybridized carbons (Fsp3) is 0.417. The van der Waals surface area contributed by atoms with Gasteiger partial charge in [-0.25, -0.2) is 4.79 Å². The molecule has 1 heterocycles. The molecule has 1 atom stereocenters. The standard InChI is InChI=1S/C12H16N2O/c1-7-4-9(3)10(5-8(7)2)11-6-13-12(15)14-11/h4-5,11H,6H2,1-3H3,(H2,13,14,15). The Morgan fingerprint density at radius 3 is 2.40 bits per heavy atom. The van der Waals surface area contributed by atoms with Crippen LogP contribution in [0.15, 0.2) is 12.1 Å². The van der Waals surface area contributed by atoms with Crippen LogP contribution in [0.1, 0.15) is 28.3 Å². The highest BCUT2D eigenvalue weighted by Gasteiger charge is 2.22. The summed E-state index contributed by atoms with van der Waals surface area (Å²) in [7, 11) is 0. The quantitative estimate of drug-likeness (QED) is 0.721. The summed E-state index contributed by atoms with van der Waals surface area (Å²) in [5, 5.41) is 5.69. The zero-order valence-corrected chi connectivity index (χ0v) is 9.35. The van der Waals surface area contributed by atoms with E-state index in [0.29, 0.717) is 6.54 Å². The van der Waals surface area contributed by atoms with Gasteiger partial charge in [-0.2, -0.15) is 0 Å². The molecule has 0 spiro atoms. The summed E-state index contributed by atoms with van der Waals surface area (Å²) < 4.78 is 0. The van der Waals surface area contributed by atoms with Crippen LogP contribution in [0.3, 0.4) is 0 Å². The van der Waals surface area contributed by atoms with Gasteiger partial charge >= 0.3 is 6.03 Å². The zero-order valence-electron chi connectivity index (χ0n) is 9.35. The first-order valence-corrected chi connectivity index (χ1v) is 5.20. The molecular formula is C12H16N2O. The first-order chi connectivity index (χ1) is 7.08. The second kappa shape index (κ2) is 3.57. The maximum Gasteiger partial charge on any atom is 0.315 e. The van der Waals surface area contributed by atoms with Gasteiger partial charge < -0.3 is 10.6 Å². The lowest BCUT2D eigenvalue weighted by Crippen LogP contribution is -2.22. The van der Waals surface area contributed by atoms with Crippen molar-refractivity contribution in [2.24, 2.45) is 0 Å². The molecule has 1 saturated heterocycles. The Morgan fingerprint density at radius 2 is 1.80 bits per heavy atom. The van der Waals surface area contributed by atoms with E-state index in [0.717, 1.165) is 0 Å². The molecule has 0 bridgehead atoms. The van der Waals surface area contributed by atoms with Crippen LogP contribution in [-0.2, 0) is 0 Å². The Balaban J connectivity index is 2.36. The van der Waals surface area contributed by atoms with Crippen molar-refractivity contribution in [1.82, 2.24) is 10.6 Å². The van der Waals surface area contributed by atoms with Crippen molar-refractivity contribution in [3.63, 3.8) is 0 Å². The number of rotatable bonds is 1. The van der Waals surface area contributed by atoms with E-state index >= 15 is 0 Å². The molecule has 0 aliphatic carbocycles. The van der Waals surface area contributed by atoms with Crippen LogP contribution >= 0.6 is 0 Å². The van der Waals surface area contributed by atoms with Crippen LogP contribution < -0.4 is 10.6 Å². The van der Waals surface area contributed by atoms with E-state index in [-0.39, 0.29) is 12.1 Å². The Hall–Kier alpha value is -1.51. The molecular weight excluding hydrogens is 188 g/mol. The van der Waals surface area contributed by atoms with E-state index in [2.05, 4.69) is 43.5 Å². The lowest BCUT2D eigenvalue weighted by molar-refractivity contribution is 0.247. The maximum absolute atomic E-state index is 11.1. The third kappa shape index (κ3) is 1.82. The van der Waals surface area contributed by atoms with Crippen LogP contribution in [-0.4, -0.2) is 12.6 Å². The first kappa shape index (κ1) is 10.0. The number of hydrogen-bond donors (Lipinski definition) is 2. The Labute approximate surface area is 89.9 Å². The summed E-state index contributed by atoms with van der Waals surface area (Å²) in [5.74, 6) is 0. The van der Waals surface area contributed by atoms with Gasteiger partial charge in [-0.3, -0.25) is 0 Å². The second-order valence-electron chi connectivity index (χ2n) is 4.20. The van der Waals surface area contributed by atoms with E-state index in [9.17, 15) is 4.79 Å². The van der Waals surface area contributed by atoms with Gasteiger partial charge in [0.05, 0.1) is 6.04 Å².